The van der Waals surface area contributed by atoms with Crippen molar-refractivity contribution in [1.82, 2.24) is 9.88 Å². The van der Waals surface area contributed by atoms with Crippen LogP contribution in [0.5, 0.6) is 0 Å². The average molecular weight is 490 g/mol. The van der Waals surface area contributed by atoms with Crippen LogP contribution in [0.25, 0.3) is 43.7 Å². The number of nitrogens with zero attached hydrogens (tertiary/aromatic N) is 1. The maximum absolute atomic E-state index is 13.7. The van der Waals surface area contributed by atoms with Crippen molar-refractivity contribution in [3.05, 3.63) is 110 Å². The van der Waals surface area contributed by atoms with Crippen molar-refractivity contribution in [3.8, 4) is 0 Å². The van der Waals surface area contributed by atoms with Gasteiger partial charge in [0.05, 0.1) is 27.5 Å². The van der Waals surface area contributed by atoms with E-state index in [0.717, 1.165) is 24.2 Å². The van der Waals surface area contributed by atoms with Crippen LogP contribution in [0.4, 0.5) is 5.69 Å². The summed E-state index contributed by atoms with van der Waals surface area (Å²) in [6, 6.07) is 25.0. The zero-order valence-corrected chi connectivity index (χ0v) is 20.8. The molecule has 2 N–H and O–H groups in total. The fourth-order valence-electron chi connectivity index (χ4n) is 5.04. The van der Waals surface area contributed by atoms with Gasteiger partial charge in [0, 0.05) is 36.5 Å². The van der Waals surface area contributed by atoms with E-state index in [0.29, 0.717) is 50.5 Å². The van der Waals surface area contributed by atoms with Gasteiger partial charge in [-0.2, -0.15) is 0 Å². The lowest BCUT2D eigenvalue weighted by molar-refractivity contribution is 0.340. The molecule has 6 rings (SSSR count). The van der Waals surface area contributed by atoms with Crippen LogP contribution >= 0.6 is 0 Å². The van der Waals surface area contributed by atoms with Crippen LogP contribution in [-0.4, -0.2) is 30.0 Å². The number of nitrogens with one attached hydrogen (secondary N) is 2. The lowest BCUT2D eigenvalue weighted by atomic mass is 9.99. The minimum absolute atomic E-state index is 0.162. The summed E-state index contributed by atoms with van der Waals surface area (Å²) < 4.78 is 6.27. The van der Waals surface area contributed by atoms with Crippen LogP contribution < -0.4 is 16.2 Å². The monoisotopic (exact) mass is 489 g/mol. The molecule has 0 unspecified atom stereocenters. The van der Waals surface area contributed by atoms with Crippen LogP contribution in [0.2, 0.25) is 0 Å². The second-order valence-electron chi connectivity index (χ2n) is 9.63. The van der Waals surface area contributed by atoms with Crippen LogP contribution in [0.3, 0.4) is 0 Å². The maximum Gasteiger partial charge on any atom is 0.196 e. The standard InChI is InChI=1S/C31H27N3O3/c1-19-12-13-23-25(16-19)37-26-17-24(32-14-15-34(2)18-20-8-4-3-5-9-20)27-28(29(26)33-23)31(36)22-11-7-6-10-21(22)30(27)35/h3-13,16-17,32-33H,14-15,18H2,1-2H3. The Morgan fingerprint density at radius 2 is 1.54 bits per heavy atom. The number of rotatable bonds is 6. The molecule has 5 aromatic carbocycles. The quantitative estimate of drug-likeness (QED) is 0.229. The molecule has 0 saturated carbocycles. The van der Waals surface area contributed by atoms with Gasteiger partial charge in [0.25, 0.3) is 0 Å². The molecule has 0 radical (unpaired) electrons. The highest BCUT2D eigenvalue weighted by Crippen LogP contribution is 2.31. The number of benzene rings is 5. The van der Waals surface area contributed by atoms with E-state index in [1.807, 2.05) is 49.4 Å². The van der Waals surface area contributed by atoms with E-state index in [-0.39, 0.29) is 10.9 Å². The molecular weight excluding hydrogens is 462 g/mol. The number of fused-ring (bicyclic) bond motifs is 5. The van der Waals surface area contributed by atoms with Crippen LogP contribution in [0, 0.1) is 6.92 Å². The lowest BCUT2D eigenvalue weighted by Gasteiger charge is -2.18. The predicted octanol–water partition coefficient (Wildman–Crippen LogP) is 5.79. The van der Waals surface area contributed by atoms with Gasteiger partial charge in [-0.15, -0.1) is 0 Å². The first kappa shape index (κ1) is 23.0. The van der Waals surface area contributed by atoms with E-state index in [1.54, 1.807) is 24.3 Å². The average Bonchev–Trinajstić information content (AvgIpc) is 2.90. The van der Waals surface area contributed by atoms with E-state index >= 15 is 0 Å². The van der Waals surface area contributed by atoms with Gasteiger partial charge >= 0.3 is 0 Å². The number of anilines is 1. The Labute approximate surface area is 213 Å². The molecule has 184 valence electrons. The summed E-state index contributed by atoms with van der Waals surface area (Å²) in [4.78, 5) is 33.0. The van der Waals surface area contributed by atoms with E-state index in [4.69, 9.17) is 4.42 Å². The van der Waals surface area contributed by atoms with Gasteiger partial charge in [-0.05, 0) is 37.2 Å². The molecular formula is C31H27N3O3. The first-order chi connectivity index (χ1) is 18.0. The van der Waals surface area contributed by atoms with Gasteiger partial charge in [-0.3, -0.25) is 9.59 Å². The zero-order valence-electron chi connectivity index (χ0n) is 20.8. The summed E-state index contributed by atoms with van der Waals surface area (Å²) in [7, 11) is 2.06. The molecule has 0 aliphatic rings. The number of hydrogen-bond acceptors (Lipinski definition) is 5. The molecule has 0 saturated heterocycles. The highest BCUT2D eigenvalue weighted by Gasteiger charge is 2.19. The van der Waals surface area contributed by atoms with E-state index < -0.39 is 0 Å². The first-order valence-electron chi connectivity index (χ1n) is 12.4. The number of aromatic amines is 1. The van der Waals surface area contributed by atoms with Crippen molar-refractivity contribution in [2.24, 2.45) is 0 Å². The molecule has 0 bridgehead atoms. The number of aromatic nitrogens is 1. The molecule has 6 aromatic rings. The van der Waals surface area contributed by atoms with E-state index in [9.17, 15) is 9.59 Å². The fourth-order valence-corrected chi connectivity index (χ4v) is 5.04. The molecule has 0 aliphatic heterocycles. The highest BCUT2D eigenvalue weighted by atomic mass is 16.3. The van der Waals surface area contributed by atoms with Crippen molar-refractivity contribution in [2.75, 3.05) is 25.5 Å². The SMILES string of the molecule is Cc1ccc2[nH]c3c(cc(NCCN(C)Cc4ccccc4)c4c(=O)c5ccccc5c(=O)c43)oc2c1. The number of H-pyrrole nitrogens is 1. The topological polar surface area (TPSA) is 78.3 Å². The summed E-state index contributed by atoms with van der Waals surface area (Å²) >= 11 is 0. The molecule has 0 fully saturated rings. The largest absolute Gasteiger partial charge is 0.453 e. The Morgan fingerprint density at radius 3 is 2.30 bits per heavy atom. The van der Waals surface area contributed by atoms with E-state index in [2.05, 4.69) is 34.4 Å². The molecule has 1 aromatic heterocycles. The maximum atomic E-state index is 13.7. The molecule has 0 spiro atoms. The number of aryl methyl sites for hydroxylation is 1. The van der Waals surface area contributed by atoms with Crippen molar-refractivity contribution in [2.45, 2.75) is 13.5 Å². The summed E-state index contributed by atoms with van der Waals surface area (Å²) in [6.45, 7) is 4.17. The van der Waals surface area contributed by atoms with Gasteiger partial charge in [0.2, 0.25) is 0 Å². The molecule has 0 amide bonds. The van der Waals surface area contributed by atoms with Crippen molar-refractivity contribution in [3.63, 3.8) is 0 Å². The third kappa shape index (κ3) is 4.15. The minimum atomic E-state index is -0.182. The smallest absolute Gasteiger partial charge is 0.196 e. The van der Waals surface area contributed by atoms with Gasteiger partial charge in [0.1, 0.15) is 0 Å². The highest BCUT2D eigenvalue weighted by molar-refractivity contribution is 6.14. The van der Waals surface area contributed by atoms with Crippen molar-refractivity contribution in [1.29, 1.82) is 0 Å². The molecule has 1 heterocycles. The van der Waals surface area contributed by atoms with E-state index in [1.165, 1.54) is 5.56 Å². The summed E-state index contributed by atoms with van der Waals surface area (Å²) in [6.07, 6.45) is 0. The molecule has 6 heteroatoms. The molecule has 37 heavy (non-hydrogen) atoms. The van der Waals surface area contributed by atoms with Crippen molar-refractivity contribution < 1.29 is 4.42 Å². The van der Waals surface area contributed by atoms with Gasteiger partial charge in [-0.25, -0.2) is 0 Å². The summed E-state index contributed by atoms with van der Waals surface area (Å²) in [5, 5.41) is 5.02. The van der Waals surface area contributed by atoms with Gasteiger partial charge < -0.3 is 19.6 Å². The van der Waals surface area contributed by atoms with Crippen LogP contribution in [0.1, 0.15) is 11.1 Å². The minimum Gasteiger partial charge on any atom is -0.453 e. The predicted molar refractivity (Wildman–Crippen MR) is 152 cm³/mol. The Balaban J connectivity index is 1.49. The molecule has 6 nitrogen and oxygen atoms in total. The first-order valence-corrected chi connectivity index (χ1v) is 12.4. The number of likely N-dealkylation sites (N-methyl/N-ethyl adjacent to an activating group) is 1. The Bertz CT molecular complexity index is 1910. The molecule has 0 atom stereocenters. The number of hydrogen-bond donors (Lipinski definition) is 2. The fraction of sp³-hybridized carbons (Fsp3) is 0.161. The Hall–Kier alpha value is -4.42. The summed E-state index contributed by atoms with van der Waals surface area (Å²) in [5.41, 5.74) is 5.08. The Morgan fingerprint density at radius 1 is 0.838 bits per heavy atom. The summed E-state index contributed by atoms with van der Waals surface area (Å²) in [5.74, 6) is 0. The zero-order chi connectivity index (χ0) is 25.5. The molecule has 0 aliphatic carbocycles. The second kappa shape index (κ2) is 9.22. The third-order valence-corrected chi connectivity index (χ3v) is 6.88. The van der Waals surface area contributed by atoms with Crippen LogP contribution in [-0.2, 0) is 6.54 Å². The van der Waals surface area contributed by atoms with Crippen LogP contribution in [0.15, 0.2) is 92.9 Å². The third-order valence-electron chi connectivity index (χ3n) is 6.88. The Kier molecular flexibility index (Phi) is 5.74. The normalized spacial score (nSPS) is 11.8. The van der Waals surface area contributed by atoms with Gasteiger partial charge in [0.15, 0.2) is 22.0 Å². The lowest BCUT2D eigenvalue weighted by Crippen LogP contribution is -2.25. The van der Waals surface area contributed by atoms with Crippen molar-refractivity contribution >= 4 is 49.4 Å². The van der Waals surface area contributed by atoms with Gasteiger partial charge in [-0.1, -0.05) is 60.7 Å². The second-order valence-corrected chi connectivity index (χ2v) is 9.63.